The maximum Gasteiger partial charge on any atom is 0.268 e. The summed E-state index contributed by atoms with van der Waals surface area (Å²) in [5, 5.41) is 0. The topological polar surface area (TPSA) is 81.0 Å². The third kappa shape index (κ3) is 3.45. The van der Waals surface area contributed by atoms with Crippen LogP contribution in [0.3, 0.4) is 0 Å². The number of aromatic amines is 1. The predicted octanol–water partition coefficient (Wildman–Crippen LogP) is 0.881. The molecule has 15 heavy (non-hydrogen) atoms. The molecule has 0 aliphatic heterocycles. The Balaban J connectivity index is 2.74. The maximum absolute atomic E-state index is 11.2. The molecule has 84 valence electrons. The van der Waals surface area contributed by atoms with Crippen molar-refractivity contribution in [3.8, 4) is 5.88 Å². The van der Waals surface area contributed by atoms with Gasteiger partial charge in [0.1, 0.15) is 10.2 Å². The van der Waals surface area contributed by atoms with Crippen molar-refractivity contribution in [3.05, 3.63) is 20.3 Å². The first kappa shape index (κ1) is 12.4. The highest BCUT2D eigenvalue weighted by Crippen LogP contribution is 2.14. The molecule has 0 bridgehead atoms. The van der Waals surface area contributed by atoms with Crippen molar-refractivity contribution in [2.75, 3.05) is 6.61 Å². The highest BCUT2D eigenvalue weighted by Gasteiger charge is 2.18. The molecule has 0 aliphatic carbocycles. The molecule has 0 radical (unpaired) electrons. The van der Waals surface area contributed by atoms with Gasteiger partial charge in [-0.3, -0.25) is 4.79 Å². The van der Waals surface area contributed by atoms with E-state index in [1.807, 2.05) is 36.4 Å². The van der Waals surface area contributed by atoms with Gasteiger partial charge in [0.15, 0.2) is 0 Å². The lowest BCUT2D eigenvalue weighted by atomic mass is 10.0. The van der Waals surface area contributed by atoms with Crippen LogP contribution in [-0.2, 0) is 0 Å². The number of nitrogens with zero attached hydrogens (tertiary/aromatic N) is 1. The third-order valence-corrected chi connectivity index (χ3v) is 3.06. The Hall–Kier alpha value is -0.630. The van der Waals surface area contributed by atoms with E-state index in [9.17, 15) is 4.79 Å². The van der Waals surface area contributed by atoms with E-state index in [0.717, 1.165) is 6.42 Å². The van der Waals surface area contributed by atoms with Crippen LogP contribution in [0.15, 0.2) is 11.1 Å². The van der Waals surface area contributed by atoms with Crippen molar-refractivity contribution >= 4 is 22.6 Å². The summed E-state index contributed by atoms with van der Waals surface area (Å²) >= 11 is 1.90. The number of hydrogen-bond donors (Lipinski definition) is 2. The lowest BCUT2D eigenvalue weighted by Crippen LogP contribution is -2.41. The number of rotatable bonds is 4. The summed E-state index contributed by atoms with van der Waals surface area (Å²) in [5.41, 5.74) is 5.32. The van der Waals surface area contributed by atoms with Crippen LogP contribution in [-0.4, -0.2) is 22.1 Å². The maximum atomic E-state index is 11.2. The van der Waals surface area contributed by atoms with Crippen LogP contribution < -0.4 is 16.0 Å². The molecule has 1 atom stereocenters. The summed E-state index contributed by atoms with van der Waals surface area (Å²) in [6.45, 7) is 4.22. The molecule has 6 heteroatoms. The largest absolute Gasteiger partial charge is 0.475 e. The van der Waals surface area contributed by atoms with Crippen LogP contribution in [0.1, 0.15) is 20.3 Å². The first-order valence-corrected chi connectivity index (χ1v) is 5.69. The van der Waals surface area contributed by atoms with Gasteiger partial charge in [-0.25, -0.2) is 4.98 Å². The molecular weight excluding hydrogens is 309 g/mol. The molecule has 1 rings (SSSR count). The van der Waals surface area contributed by atoms with E-state index in [2.05, 4.69) is 9.97 Å². The van der Waals surface area contributed by atoms with Gasteiger partial charge in [0.2, 0.25) is 5.88 Å². The van der Waals surface area contributed by atoms with Crippen molar-refractivity contribution in [3.63, 3.8) is 0 Å². The van der Waals surface area contributed by atoms with Gasteiger partial charge in [-0.2, -0.15) is 0 Å². The van der Waals surface area contributed by atoms with E-state index < -0.39 is 5.54 Å². The van der Waals surface area contributed by atoms with Crippen LogP contribution in [0.4, 0.5) is 0 Å². The molecule has 0 saturated heterocycles. The van der Waals surface area contributed by atoms with Crippen LogP contribution in [0.2, 0.25) is 0 Å². The molecule has 0 amide bonds. The first-order chi connectivity index (χ1) is 6.96. The summed E-state index contributed by atoms with van der Waals surface area (Å²) < 4.78 is 5.86. The van der Waals surface area contributed by atoms with Crippen molar-refractivity contribution in [2.45, 2.75) is 25.8 Å². The van der Waals surface area contributed by atoms with Gasteiger partial charge in [0, 0.05) is 5.54 Å². The Morgan fingerprint density at radius 3 is 3.00 bits per heavy atom. The summed E-state index contributed by atoms with van der Waals surface area (Å²) in [5.74, 6) is 0.337. The Labute approximate surface area is 102 Å². The first-order valence-electron chi connectivity index (χ1n) is 4.61. The molecule has 0 aromatic carbocycles. The Kier molecular flexibility index (Phi) is 4.09. The molecule has 5 nitrogen and oxygen atoms in total. The molecule has 1 aromatic rings. The van der Waals surface area contributed by atoms with Gasteiger partial charge >= 0.3 is 0 Å². The number of nitrogens with one attached hydrogen (secondary N) is 1. The molecule has 0 fully saturated rings. The second-order valence-corrected chi connectivity index (χ2v) is 4.73. The molecule has 1 heterocycles. The average Bonchev–Trinajstić information content (AvgIpc) is 2.20. The predicted molar refractivity (Wildman–Crippen MR) is 66.0 cm³/mol. The van der Waals surface area contributed by atoms with Gasteiger partial charge in [-0.15, -0.1) is 0 Å². The van der Waals surface area contributed by atoms with Gasteiger partial charge in [0.05, 0.1) is 6.33 Å². The summed E-state index contributed by atoms with van der Waals surface area (Å²) in [7, 11) is 0. The van der Waals surface area contributed by atoms with Crippen LogP contribution in [0, 0.1) is 3.57 Å². The second-order valence-electron chi connectivity index (χ2n) is 3.65. The van der Waals surface area contributed by atoms with Gasteiger partial charge in [-0.1, -0.05) is 6.92 Å². The zero-order valence-corrected chi connectivity index (χ0v) is 10.9. The van der Waals surface area contributed by atoms with Gasteiger partial charge in [-0.05, 0) is 35.9 Å². The summed E-state index contributed by atoms with van der Waals surface area (Å²) in [6, 6.07) is 0. The van der Waals surface area contributed by atoms with Crippen LogP contribution in [0.25, 0.3) is 0 Å². The van der Waals surface area contributed by atoms with Crippen LogP contribution in [0.5, 0.6) is 5.88 Å². The Bertz CT molecular complexity index is 389. The van der Waals surface area contributed by atoms with Crippen LogP contribution >= 0.6 is 22.6 Å². The number of ether oxygens (including phenoxy) is 1. The second kappa shape index (κ2) is 4.93. The molecule has 1 aromatic heterocycles. The summed E-state index contributed by atoms with van der Waals surface area (Å²) in [6.07, 6.45) is 2.12. The minimum absolute atomic E-state index is 0.198. The lowest BCUT2D eigenvalue weighted by Gasteiger charge is -2.22. The zero-order valence-electron chi connectivity index (χ0n) is 8.71. The van der Waals surface area contributed by atoms with Crippen molar-refractivity contribution in [1.29, 1.82) is 0 Å². The van der Waals surface area contributed by atoms with E-state index in [1.54, 1.807) is 0 Å². The molecule has 3 N–H and O–H groups in total. The highest BCUT2D eigenvalue weighted by molar-refractivity contribution is 14.1. The van der Waals surface area contributed by atoms with Crippen molar-refractivity contribution in [1.82, 2.24) is 9.97 Å². The fraction of sp³-hybridized carbons (Fsp3) is 0.556. The molecule has 0 aliphatic rings. The fourth-order valence-corrected chi connectivity index (χ4v) is 1.25. The van der Waals surface area contributed by atoms with E-state index in [4.69, 9.17) is 10.5 Å². The van der Waals surface area contributed by atoms with E-state index in [0.29, 0.717) is 16.1 Å². The fourth-order valence-electron chi connectivity index (χ4n) is 0.803. The van der Waals surface area contributed by atoms with E-state index in [-0.39, 0.29) is 5.56 Å². The number of aromatic nitrogens is 2. The van der Waals surface area contributed by atoms with Gasteiger partial charge in [0.25, 0.3) is 5.56 Å². The Morgan fingerprint density at radius 2 is 2.40 bits per heavy atom. The minimum Gasteiger partial charge on any atom is -0.475 e. The number of halogens is 1. The van der Waals surface area contributed by atoms with Gasteiger partial charge < -0.3 is 15.5 Å². The smallest absolute Gasteiger partial charge is 0.268 e. The third-order valence-electron chi connectivity index (χ3n) is 2.11. The number of nitrogens with two attached hydrogens (primary N) is 1. The van der Waals surface area contributed by atoms with E-state index >= 15 is 0 Å². The quantitative estimate of drug-likeness (QED) is 0.806. The normalized spacial score (nSPS) is 14.7. The van der Waals surface area contributed by atoms with E-state index in [1.165, 1.54) is 6.33 Å². The summed E-state index contributed by atoms with van der Waals surface area (Å²) in [4.78, 5) is 17.6. The Morgan fingerprint density at radius 1 is 1.73 bits per heavy atom. The molecule has 1 unspecified atom stereocenters. The molecule has 0 spiro atoms. The average molecular weight is 323 g/mol. The highest BCUT2D eigenvalue weighted by atomic mass is 127. The zero-order chi connectivity index (χ0) is 11.5. The monoisotopic (exact) mass is 323 g/mol. The SMILES string of the molecule is CCC(C)(N)COc1nc[nH]c(=O)c1I. The number of hydrogen-bond acceptors (Lipinski definition) is 4. The minimum atomic E-state index is -0.395. The van der Waals surface area contributed by atoms with Crippen molar-refractivity contribution in [2.24, 2.45) is 5.73 Å². The number of H-pyrrole nitrogens is 1. The van der Waals surface area contributed by atoms with Crippen molar-refractivity contribution < 1.29 is 4.74 Å². The molecule has 0 saturated carbocycles. The lowest BCUT2D eigenvalue weighted by molar-refractivity contribution is 0.216. The molecular formula is C9H14IN3O2. The standard InChI is InChI=1S/C9H14IN3O2/c1-3-9(2,11)4-15-8-6(10)7(14)12-5-13-8/h5H,3-4,11H2,1-2H3,(H,12,13,14).